The molecule has 3 aromatic rings. The molecule has 4 rings (SSSR count). The second kappa shape index (κ2) is 13.0. The molecule has 0 radical (unpaired) electrons. The van der Waals surface area contributed by atoms with Gasteiger partial charge < -0.3 is 15.0 Å². The van der Waals surface area contributed by atoms with Crippen molar-refractivity contribution in [1.29, 1.82) is 0 Å². The Bertz CT molecular complexity index is 1200. The summed E-state index contributed by atoms with van der Waals surface area (Å²) in [5.74, 6) is 0.432. The molecule has 1 aliphatic rings. The molecule has 1 aliphatic carbocycles. The minimum Gasteiger partial charge on any atom is -0.497 e. The summed E-state index contributed by atoms with van der Waals surface area (Å²) in [6.07, 6.45) is 4.69. The molecule has 2 amide bonds. The van der Waals surface area contributed by atoms with Gasteiger partial charge in [0.15, 0.2) is 0 Å². The summed E-state index contributed by atoms with van der Waals surface area (Å²) in [7, 11) is 1.61. The molecule has 1 N–H and O–H groups in total. The number of hydrogen-bond acceptors (Lipinski definition) is 3. The van der Waals surface area contributed by atoms with Gasteiger partial charge in [-0.1, -0.05) is 84.6 Å². The summed E-state index contributed by atoms with van der Waals surface area (Å²) in [5, 5.41) is 4.20. The van der Waals surface area contributed by atoms with Crippen molar-refractivity contribution in [1.82, 2.24) is 10.2 Å². The lowest BCUT2D eigenvalue weighted by atomic mass is 10.0. The van der Waals surface area contributed by atoms with Crippen LogP contribution in [0.2, 0.25) is 10.0 Å². The minimum absolute atomic E-state index is 0.135. The number of methoxy groups -OCH3 is 1. The van der Waals surface area contributed by atoms with Gasteiger partial charge in [-0.2, -0.15) is 0 Å². The zero-order valence-electron chi connectivity index (χ0n) is 21.0. The average molecular weight is 540 g/mol. The number of carbonyl (C=O) groups excluding carboxylic acids is 2. The topological polar surface area (TPSA) is 58.6 Å². The number of carbonyl (C=O) groups is 2. The molecule has 194 valence electrons. The molecule has 0 heterocycles. The molecule has 3 aromatic carbocycles. The van der Waals surface area contributed by atoms with Crippen molar-refractivity contribution in [2.45, 2.75) is 57.2 Å². The Labute approximate surface area is 228 Å². The number of rotatable bonds is 10. The Morgan fingerprint density at radius 2 is 1.68 bits per heavy atom. The fourth-order valence-electron chi connectivity index (χ4n) is 4.77. The van der Waals surface area contributed by atoms with Gasteiger partial charge in [-0.3, -0.25) is 9.59 Å². The Hall–Kier alpha value is -3.02. The first-order valence-corrected chi connectivity index (χ1v) is 13.4. The smallest absolute Gasteiger partial charge is 0.243 e. The first kappa shape index (κ1) is 27.0. The van der Waals surface area contributed by atoms with E-state index in [0.29, 0.717) is 16.5 Å². The largest absolute Gasteiger partial charge is 0.497 e. The van der Waals surface area contributed by atoms with Gasteiger partial charge in [0.05, 0.1) is 13.5 Å². The Morgan fingerprint density at radius 1 is 0.973 bits per heavy atom. The first-order valence-electron chi connectivity index (χ1n) is 12.6. The van der Waals surface area contributed by atoms with Crippen LogP contribution in [-0.4, -0.2) is 35.9 Å². The lowest BCUT2D eigenvalue weighted by Crippen LogP contribution is -2.52. The van der Waals surface area contributed by atoms with E-state index >= 15 is 0 Å². The molecule has 0 aliphatic heterocycles. The van der Waals surface area contributed by atoms with Crippen LogP contribution in [0, 0.1) is 0 Å². The highest BCUT2D eigenvalue weighted by Crippen LogP contribution is 2.25. The van der Waals surface area contributed by atoms with E-state index < -0.39 is 6.04 Å². The Balaban J connectivity index is 1.67. The second-order valence-electron chi connectivity index (χ2n) is 9.48. The van der Waals surface area contributed by atoms with Crippen molar-refractivity contribution in [3.05, 3.63) is 99.5 Å². The van der Waals surface area contributed by atoms with Crippen LogP contribution in [0.25, 0.3) is 0 Å². The van der Waals surface area contributed by atoms with Gasteiger partial charge >= 0.3 is 0 Å². The molecule has 1 fully saturated rings. The maximum atomic E-state index is 13.9. The van der Waals surface area contributed by atoms with E-state index in [4.69, 9.17) is 27.9 Å². The van der Waals surface area contributed by atoms with Gasteiger partial charge in [-0.05, 0) is 53.8 Å². The van der Waals surface area contributed by atoms with Crippen LogP contribution in [0.3, 0.4) is 0 Å². The number of hydrogen-bond donors (Lipinski definition) is 1. The van der Waals surface area contributed by atoms with Crippen LogP contribution in [0.4, 0.5) is 0 Å². The van der Waals surface area contributed by atoms with Crippen molar-refractivity contribution in [3.8, 4) is 5.75 Å². The van der Waals surface area contributed by atoms with Crippen LogP contribution < -0.4 is 10.1 Å². The standard InChI is InChI=1S/C30H32Cl2N2O3/c1-37-26-15-11-22(12-16-26)18-29(35)34(20-23-13-14-24(31)19-27(23)32)28(17-21-7-3-2-4-8-21)30(36)33-25-9-5-6-10-25/h2-4,7-8,11-16,19,25,28H,5-6,9-10,17-18,20H2,1H3,(H,33,36). The van der Waals surface area contributed by atoms with Crippen LogP contribution >= 0.6 is 23.2 Å². The quantitative estimate of drug-likeness (QED) is 0.332. The van der Waals surface area contributed by atoms with E-state index in [1.807, 2.05) is 60.7 Å². The number of halogens is 2. The maximum Gasteiger partial charge on any atom is 0.243 e. The number of ether oxygens (including phenoxy) is 1. The SMILES string of the molecule is COc1ccc(CC(=O)N(Cc2ccc(Cl)cc2Cl)C(Cc2ccccc2)C(=O)NC2CCCC2)cc1. The zero-order chi connectivity index (χ0) is 26.2. The van der Waals surface area contributed by atoms with Gasteiger partial charge in [0.1, 0.15) is 11.8 Å². The molecule has 0 spiro atoms. The van der Waals surface area contributed by atoms with E-state index in [1.165, 1.54) is 0 Å². The molecule has 1 saturated carbocycles. The van der Waals surface area contributed by atoms with E-state index in [2.05, 4.69) is 5.32 Å². The molecular formula is C30H32Cl2N2O3. The number of nitrogens with zero attached hydrogens (tertiary/aromatic N) is 1. The van der Waals surface area contributed by atoms with Crippen LogP contribution in [0.15, 0.2) is 72.8 Å². The molecule has 0 aromatic heterocycles. The molecular weight excluding hydrogens is 507 g/mol. The summed E-state index contributed by atoms with van der Waals surface area (Å²) in [5.41, 5.74) is 2.56. The third-order valence-corrected chi connectivity index (χ3v) is 7.43. The van der Waals surface area contributed by atoms with Crippen molar-refractivity contribution in [2.75, 3.05) is 7.11 Å². The third-order valence-electron chi connectivity index (χ3n) is 6.84. The second-order valence-corrected chi connectivity index (χ2v) is 10.3. The van der Waals surface area contributed by atoms with Crippen molar-refractivity contribution < 1.29 is 14.3 Å². The van der Waals surface area contributed by atoms with Gasteiger partial charge in [-0.25, -0.2) is 0 Å². The predicted molar refractivity (Wildman–Crippen MR) is 148 cm³/mol. The van der Waals surface area contributed by atoms with Crippen LogP contribution in [-0.2, 0) is 29.0 Å². The number of nitrogens with one attached hydrogen (secondary N) is 1. The molecule has 1 atom stereocenters. The predicted octanol–water partition coefficient (Wildman–Crippen LogP) is 6.24. The van der Waals surface area contributed by atoms with Gasteiger partial charge in [0.25, 0.3) is 0 Å². The first-order chi connectivity index (χ1) is 17.9. The maximum absolute atomic E-state index is 13.9. The number of amides is 2. The van der Waals surface area contributed by atoms with E-state index in [9.17, 15) is 9.59 Å². The van der Waals surface area contributed by atoms with Crippen molar-refractivity contribution in [3.63, 3.8) is 0 Å². The van der Waals surface area contributed by atoms with E-state index in [-0.39, 0.29) is 30.8 Å². The van der Waals surface area contributed by atoms with Crippen molar-refractivity contribution >= 4 is 35.0 Å². The third kappa shape index (κ3) is 7.50. The fraction of sp³-hybridized carbons (Fsp3) is 0.333. The molecule has 37 heavy (non-hydrogen) atoms. The zero-order valence-corrected chi connectivity index (χ0v) is 22.5. The summed E-state index contributed by atoms with van der Waals surface area (Å²) in [6.45, 7) is 0.195. The summed E-state index contributed by atoms with van der Waals surface area (Å²) < 4.78 is 5.25. The van der Waals surface area contributed by atoms with Gasteiger partial charge in [0.2, 0.25) is 11.8 Å². The molecule has 1 unspecified atom stereocenters. The normalized spacial score (nSPS) is 14.2. The highest BCUT2D eigenvalue weighted by molar-refractivity contribution is 6.35. The van der Waals surface area contributed by atoms with Crippen LogP contribution in [0.1, 0.15) is 42.4 Å². The van der Waals surface area contributed by atoms with Gasteiger partial charge in [-0.15, -0.1) is 0 Å². The minimum atomic E-state index is -0.694. The average Bonchev–Trinajstić information content (AvgIpc) is 3.41. The number of benzene rings is 3. The summed E-state index contributed by atoms with van der Waals surface area (Å²) in [4.78, 5) is 29.3. The highest BCUT2D eigenvalue weighted by atomic mass is 35.5. The van der Waals surface area contributed by atoms with Crippen molar-refractivity contribution in [2.24, 2.45) is 0 Å². The van der Waals surface area contributed by atoms with E-state index in [1.54, 1.807) is 24.1 Å². The highest BCUT2D eigenvalue weighted by Gasteiger charge is 2.32. The lowest BCUT2D eigenvalue weighted by Gasteiger charge is -2.32. The monoisotopic (exact) mass is 538 g/mol. The van der Waals surface area contributed by atoms with E-state index in [0.717, 1.165) is 48.1 Å². The summed E-state index contributed by atoms with van der Waals surface area (Å²) in [6, 6.07) is 21.9. The molecule has 5 nitrogen and oxygen atoms in total. The van der Waals surface area contributed by atoms with Gasteiger partial charge in [0, 0.05) is 29.1 Å². The van der Waals surface area contributed by atoms with Crippen LogP contribution in [0.5, 0.6) is 5.75 Å². The molecule has 0 bridgehead atoms. The Morgan fingerprint density at radius 3 is 2.32 bits per heavy atom. The lowest BCUT2D eigenvalue weighted by molar-refractivity contribution is -0.141. The molecule has 0 saturated heterocycles. The Kier molecular flexibility index (Phi) is 9.48. The molecule has 7 heteroatoms. The summed E-state index contributed by atoms with van der Waals surface area (Å²) >= 11 is 12.6. The fourth-order valence-corrected chi connectivity index (χ4v) is 5.24.